The number of hydrogen-bond donors (Lipinski definition) is 4. The molecule has 0 bridgehead atoms. The van der Waals surface area contributed by atoms with Crippen LogP contribution >= 0.6 is 11.8 Å². The Morgan fingerprint density at radius 1 is 1.28 bits per heavy atom. The zero-order chi connectivity index (χ0) is 20.8. The minimum Gasteiger partial charge on any atom is -0.480 e. The molecule has 4 N–H and O–H groups in total. The van der Waals surface area contributed by atoms with E-state index in [1.54, 1.807) is 12.1 Å². The summed E-state index contributed by atoms with van der Waals surface area (Å²) in [6, 6.07) is 5.16. The number of carbonyl (C=O) groups excluding carboxylic acids is 1. The molecule has 9 nitrogen and oxygen atoms in total. The average molecular weight is 423 g/mol. The molecule has 0 aromatic heterocycles. The van der Waals surface area contributed by atoms with Gasteiger partial charge in [0.15, 0.2) is 0 Å². The number of thioether (sulfide) groups is 1. The summed E-state index contributed by atoms with van der Waals surface area (Å²) in [5, 5.41) is 24.9. The zero-order valence-corrected chi connectivity index (χ0v) is 16.7. The van der Waals surface area contributed by atoms with Gasteiger partial charge in [-0.1, -0.05) is 12.1 Å². The summed E-state index contributed by atoms with van der Waals surface area (Å²) in [4.78, 5) is 38.1. The Morgan fingerprint density at radius 2 is 2.00 bits per heavy atom. The molecule has 1 aromatic carbocycles. The maximum atomic E-state index is 13.1. The maximum absolute atomic E-state index is 13.1. The molecule has 1 saturated heterocycles. The van der Waals surface area contributed by atoms with Crippen molar-refractivity contribution in [3.63, 3.8) is 0 Å². The van der Waals surface area contributed by atoms with E-state index in [0.29, 0.717) is 11.4 Å². The minimum absolute atomic E-state index is 0.00752. The lowest BCUT2D eigenvalue weighted by molar-refractivity contribution is -0.143. The van der Waals surface area contributed by atoms with Crippen LogP contribution in [0.25, 0.3) is 0 Å². The second-order valence-electron chi connectivity index (χ2n) is 6.99. The molecule has 0 unspecified atom stereocenters. The molecule has 1 amide bonds. The summed E-state index contributed by atoms with van der Waals surface area (Å²) in [6.45, 7) is 1.12. The van der Waals surface area contributed by atoms with Gasteiger partial charge in [-0.3, -0.25) is 24.6 Å². The van der Waals surface area contributed by atoms with E-state index in [-0.39, 0.29) is 12.7 Å². The normalized spacial score (nSPS) is 21.3. The van der Waals surface area contributed by atoms with Gasteiger partial charge in [-0.05, 0) is 38.1 Å². The number of nitrogens with zero attached hydrogens (tertiary/aromatic N) is 1. The molecule has 158 valence electrons. The van der Waals surface area contributed by atoms with Crippen LogP contribution in [-0.4, -0.2) is 78.2 Å². The Balaban J connectivity index is 1.71. The van der Waals surface area contributed by atoms with E-state index in [2.05, 4.69) is 10.6 Å². The molecule has 2 atom stereocenters. The SMILES string of the molecule is O=C(O)CN1C(=O)[C@@H](N[C@@H](COC2CCNCC2)C(=O)O)CSc2ccccc21. The number of carboxylic acid groups (broad SMARTS) is 2. The summed E-state index contributed by atoms with van der Waals surface area (Å²) in [7, 11) is 0. The second-order valence-corrected chi connectivity index (χ2v) is 8.05. The monoisotopic (exact) mass is 423 g/mol. The van der Waals surface area contributed by atoms with Crippen LogP contribution < -0.4 is 15.5 Å². The first kappa shape index (κ1) is 21.6. The molecule has 2 heterocycles. The topological polar surface area (TPSA) is 128 Å². The van der Waals surface area contributed by atoms with Crippen LogP contribution in [0.5, 0.6) is 0 Å². The number of rotatable bonds is 8. The fourth-order valence-corrected chi connectivity index (χ4v) is 4.49. The van der Waals surface area contributed by atoms with Gasteiger partial charge in [-0.15, -0.1) is 11.8 Å². The highest BCUT2D eigenvalue weighted by atomic mass is 32.2. The summed E-state index contributed by atoms with van der Waals surface area (Å²) in [5.41, 5.74) is 0.520. The Hall–Kier alpha value is -2.14. The molecule has 29 heavy (non-hydrogen) atoms. The fourth-order valence-electron chi connectivity index (χ4n) is 3.40. The van der Waals surface area contributed by atoms with Crippen molar-refractivity contribution in [3.05, 3.63) is 24.3 Å². The number of benzene rings is 1. The number of anilines is 1. The summed E-state index contributed by atoms with van der Waals surface area (Å²) in [6.07, 6.45) is 1.62. The van der Waals surface area contributed by atoms with Gasteiger partial charge in [0.25, 0.3) is 0 Å². The number of piperidine rings is 1. The molecule has 1 aromatic rings. The number of carboxylic acids is 2. The smallest absolute Gasteiger partial charge is 0.323 e. The van der Waals surface area contributed by atoms with Gasteiger partial charge in [0, 0.05) is 10.6 Å². The predicted molar refractivity (Wildman–Crippen MR) is 107 cm³/mol. The van der Waals surface area contributed by atoms with Gasteiger partial charge in [0.1, 0.15) is 12.6 Å². The Morgan fingerprint density at radius 3 is 2.69 bits per heavy atom. The Kier molecular flexibility index (Phi) is 7.48. The Labute approximate surface area is 172 Å². The van der Waals surface area contributed by atoms with Crippen LogP contribution in [0.4, 0.5) is 5.69 Å². The summed E-state index contributed by atoms with van der Waals surface area (Å²) >= 11 is 1.39. The molecular weight excluding hydrogens is 398 g/mol. The quantitative estimate of drug-likeness (QED) is 0.469. The van der Waals surface area contributed by atoms with Gasteiger partial charge in [0.2, 0.25) is 5.91 Å². The number of fused-ring (bicyclic) bond motifs is 1. The number of aliphatic carboxylic acids is 2. The van der Waals surface area contributed by atoms with Crippen LogP contribution in [0.15, 0.2) is 29.2 Å². The number of amides is 1. The third kappa shape index (κ3) is 5.69. The van der Waals surface area contributed by atoms with Gasteiger partial charge in [-0.2, -0.15) is 0 Å². The largest absolute Gasteiger partial charge is 0.480 e. The minimum atomic E-state index is -1.14. The molecule has 2 aliphatic heterocycles. The van der Waals surface area contributed by atoms with E-state index in [0.717, 1.165) is 30.8 Å². The van der Waals surface area contributed by atoms with Crippen molar-refractivity contribution in [1.82, 2.24) is 10.6 Å². The highest BCUT2D eigenvalue weighted by molar-refractivity contribution is 7.99. The third-order valence-electron chi connectivity index (χ3n) is 4.90. The Bertz CT molecular complexity index is 755. The molecule has 0 radical (unpaired) electrons. The number of carbonyl (C=O) groups is 3. The van der Waals surface area contributed by atoms with E-state index in [9.17, 15) is 24.6 Å². The van der Waals surface area contributed by atoms with Gasteiger partial charge < -0.3 is 20.3 Å². The number of para-hydroxylation sites is 1. The van der Waals surface area contributed by atoms with Gasteiger partial charge in [0.05, 0.1) is 24.4 Å². The van der Waals surface area contributed by atoms with E-state index < -0.39 is 36.5 Å². The highest BCUT2D eigenvalue weighted by Crippen LogP contribution is 2.34. The van der Waals surface area contributed by atoms with Crippen molar-refractivity contribution in [2.75, 3.05) is 36.9 Å². The van der Waals surface area contributed by atoms with Crippen molar-refractivity contribution in [2.45, 2.75) is 35.9 Å². The molecule has 2 aliphatic rings. The van der Waals surface area contributed by atoms with Crippen molar-refractivity contribution < 1.29 is 29.3 Å². The van der Waals surface area contributed by atoms with E-state index in [1.165, 1.54) is 16.7 Å². The first-order valence-electron chi connectivity index (χ1n) is 9.52. The predicted octanol–water partition coefficient (Wildman–Crippen LogP) is 0.390. The van der Waals surface area contributed by atoms with Crippen LogP contribution in [0, 0.1) is 0 Å². The summed E-state index contributed by atoms with van der Waals surface area (Å²) < 4.78 is 5.76. The average Bonchev–Trinajstić information content (AvgIpc) is 2.83. The third-order valence-corrected chi connectivity index (χ3v) is 6.06. The number of ether oxygens (including phenoxy) is 1. The first-order valence-corrected chi connectivity index (χ1v) is 10.5. The van der Waals surface area contributed by atoms with Crippen LogP contribution in [0.1, 0.15) is 12.8 Å². The van der Waals surface area contributed by atoms with Crippen molar-refractivity contribution in [3.8, 4) is 0 Å². The van der Waals surface area contributed by atoms with Crippen molar-refractivity contribution >= 4 is 35.3 Å². The number of nitrogens with one attached hydrogen (secondary N) is 2. The zero-order valence-electron chi connectivity index (χ0n) is 15.9. The summed E-state index contributed by atoms with van der Waals surface area (Å²) in [5.74, 6) is -2.41. The standard InChI is InChI=1S/C19H25N3O6S/c23-17(24)9-22-15-3-1-2-4-16(15)29-11-14(18(22)25)21-13(19(26)27)10-28-12-5-7-20-8-6-12/h1-4,12-14,20-21H,5-11H2,(H,23,24)(H,26,27)/t13-,14-/m0/s1. The maximum Gasteiger partial charge on any atom is 0.323 e. The fraction of sp³-hybridized carbons (Fsp3) is 0.526. The van der Waals surface area contributed by atoms with Crippen molar-refractivity contribution in [2.24, 2.45) is 0 Å². The number of hydrogen-bond acceptors (Lipinski definition) is 7. The van der Waals surface area contributed by atoms with Gasteiger partial charge in [-0.25, -0.2) is 0 Å². The lowest BCUT2D eigenvalue weighted by Crippen LogP contribution is -2.55. The molecule has 3 rings (SSSR count). The molecule has 1 fully saturated rings. The van der Waals surface area contributed by atoms with Crippen LogP contribution in [0.3, 0.4) is 0 Å². The highest BCUT2D eigenvalue weighted by Gasteiger charge is 2.35. The molecule has 0 spiro atoms. The second kappa shape index (κ2) is 10.1. The van der Waals surface area contributed by atoms with Crippen LogP contribution in [-0.2, 0) is 19.1 Å². The molecule has 0 aliphatic carbocycles. The van der Waals surface area contributed by atoms with E-state index >= 15 is 0 Å². The van der Waals surface area contributed by atoms with Crippen LogP contribution in [0.2, 0.25) is 0 Å². The first-order chi connectivity index (χ1) is 14.0. The molecule has 0 saturated carbocycles. The molecule has 10 heteroatoms. The molecular formula is C19H25N3O6S. The van der Waals surface area contributed by atoms with E-state index in [1.807, 2.05) is 12.1 Å². The lowest BCUT2D eigenvalue weighted by atomic mass is 10.1. The van der Waals surface area contributed by atoms with E-state index in [4.69, 9.17) is 4.74 Å². The van der Waals surface area contributed by atoms with Gasteiger partial charge >= 0.3 is 11.9 Å². The lowest BCUT2D eigenvalue weighted by Gasteiger charge is -2.28. The van der Waals surface area contributed by atoms with Crippen molar-refractivity contribution in [1.29, 1.82) is 0 Å².